The molecule has 0 N–H and O–H groups in total. The van der Waals surface area contributed by atoms with Gasteiger partial charge in [0.15, 0.2) is 0 Å². The van der Waals surface area contributed by atoms with Gasteiger partial charge in [-0.05, 0) is 64.2 Å². The Morgan fingerprint density at radius 1 is 0.667 bits per heavy atom. The minimum absolute atomic E-state index is 0.00162. The van der Waals surface area contributed by atoms with Crippen LogP contribution in [-0.2, 0) is 20.4 Å². The lowest BCUT2D eigenvalue weighted by molar-refractivity contribution is -0.134. The summed E-state index contributed by atoms with van der Waals surface area (Å²) in [7, 11) is 2.79. The van der Waals surface area contributed by atoms with E-state index in [1.807, 2.05) is 0 Å². The molecule has 210 valence electrons. The van der Waals surface area contributed by atoms with Crippen molar-refractivity contribution in [3.8, 4) is 11.1 Å². The van der Waals surface area contributed by atoms with E-state index in [1.54, 1.807) is 17.4 Å². The molecule has 3 aromatic carbocycles. The Morgan fingerprint density at radius 2 is 1.24 bits per heavy atom. The van der Waals surface area contributed by atoms with E-state index in [9.17, 15) is 14.4 Å². The molecule has 1 saturated heterocycles. The second-order valence-corrected chi connectivity index (χ2v) is 13.4. The number of nitrogens with zero attached hydrogens (tertiary/aromatic N) is 3. The molecule has 4 amide bonds. The van der Waals surface area contributed by atoms with Crippen LogP contribution in [0.1, 0.15) is 54.1 Å². The van der Waals surface area contributed by atoms with Crippen LogP contribution in [0.2, 0.25) is 0 Å². The third kappa shape index (κ3) is 3.46. The van der Waals surface area contributed by atoms with Gasteiger partial charge in [-0.1, -0.05) is 70.2 Å². The van der Waals surface area contributed by atoms with Gasteiger partial charge >= 0.3 is 6.03 Å². The van der Waals surface area contributed by atoms with Crippen molar-refractivity contribution in [1.82, 2.24) is 9.80 Å². The summed E-state index contributed by atoms with van der Waals surface area (Å²) < 4.78 is 0. The number of para-hydroxylation sites is 2. The predicted molar refractivity (Wildman–Crippen MR) is 168 cm³/mol. The molecule has 1 fully saturated rings. The van der Waals surface area contributed by atoms with Crippen molar-refractivity contribution >= 4 is 52.3 Å². The van der Waals surface area contributed by atoms with Gasteiger partial charge in [-0.2, -0.15) is 0 Å². The number of urea groups is 1. The number of hydrogen-bond donors (Lipinski definition) is 0. The van der Waals surface area contributed by atoms with Gasteiger partial charge in [0.25, 0.3) is 11.8 Å². The van der Waals surface area contributed by atoms with E-state index in [4.69, 9.17) is 0 Å². The molecule has 0 radical (unpaired) electrons. The topological polar surface area (TPSA) is 60.9 Å². The number of carbonyl (C=O) groups is 3. The van der Waals surface area contributed by atoms with Gasteiger partial charge in [-0.25, -0.2) is 4.79 Å². The minimum Gasteiger partial charge on any atom is -0.310 e. The average Bonchev–Trinajstić information content (AvgIpc) is 3.50. The Kier molecular flexibility index (Phi) is 5.51. The SMILES string of the molecule is CN1C(=O)C(=Cc2cc3c(s2)C(C)(C)c2cc(N4c5ccccc5C(C)(C)c5ccccc54)ccc2-3)C(=O)N(C)C1=O. The number of benzene rings is 3. The standard InChI is InChI=1S/C35H31N3O3S/c1-34(2)25-11-7-9-13-28(25)38(29-14-10-8-12-26(29)34)20-15-16-22-23-18-21(42-30(23)35(3,4)27(22)17-20)19-24-31(39)36(5)33(41)37(6)32(24)40/h7-19H,1-6H3. The van der Waals surface area contributed by atoms with Gasteiger partial charge in [0.1, 0.15) is 5.57 Å². The van der Waals surface area contributed by atoms with Crippen molar-refractivity contribution < 1.29 is 14.4 Å². The maximum absolute atomic E-state index is 12.8. The summed E-state index contributed by atoms with van der Waals surface area (Å²) >= 11 is 1.59. The molecule has 0 unspecified atom stereocenters. The van der Waals surface area contributed by atoms with Crippen LogP contribution in [0.4, 0.5) is 21.9 Å². The van der Waals surface area contributed by atoms with Crippen LogP contribution in [0.3, 0.4) is 0 Å². The van der Waals surface area contributed by atoms with Gasteiger partial charge in [0, 0.05) is 40.4 Å². The number of imide groups is 2. The van der Waals surface area contributed by atoms with E-state index in [2.05, 4.69) is 105 Å². The molecule has 4 aromatic rings. The largest absolute Gasteiger partial charge is 0.333 e. The molecule has 1 aliphatic carbocycles. The Morgan fingerprint density at radius 3 is 1.83 bits per heavy atom. The maximum atomic E-state index is 12.8. The highest BCUT2D eigenvalue weighted by molar-refractivity contribution is 7.13. The monoisotopic (exact) mass is 573 g/mol. The molecule has 6 nitrogen and oxygen atoms in total. The molecule has 3 heterocycles. The number of fused-ring (bicyclic) bond motifs is 5. The Bertz CT molecular complexity index is 1820. The number of rotatable bonds is 2. The second kappa shape index (κ2) is 8.76. The first-order chi connectivity index (χ1) is 19.9. The van der Waals surface area contributed by atoms with E-state index in [-0.39, 0.29) is 16.4 Å². The molecular weight excluding hydrogens is 542 g/mol. The highest BCUT2D eigenvalue weighted by atomic mass is 32.1. The zero-order chi connectivity index (χ0) is 29.7. The predicted octanol–water partition coefficient (Wildman–Crippen LogP) is 7.60. The number of thiophene rings is 1. The maximum Gasteiger partial charge on any atom is 0.333 e. The molecule has 1 aromatic heterocycles. The summed E-state index contributed by atoms with van der Waals surface area (Å²) in [6, 6.07) is 25.5. The molecule has 7 rings (SSSR count). The second-order valence-electron chi connectivity index (χ2n) is 12.3. The van der Waals surface area contributed by atoms with E-state index in [0.717, 1.165) is 31.5 Å². The van der Waals surface area contributed by atoms with Crippen LogP contribution >= 0.6 is 11.3 Å². The third-order valence-corrected chi connectivity index (χ3v) is 10.5. The lowest BCUT2D eigenvalue weighted by Gasteiger charge is -2.42. The fourth-order valence-corrected chi connectivity index (χ4v) is 7.99. The fourth-order valence-electron chi connectivity index (χ4n) is 6.76. The summed E-state index contributed by atoms with van der Waals surface area (Å²) in [5.74, 6) is -1.16. The summed E-state index contributed by atoms with van der Waals surface area (Å²) in [6.07, 6.45) is 1.63. The first-order valence-corrected chi connectivity index (χ1v) is 14.8. The zero-order valence-electron chi connectivity index (χ0n) is 24.5. The van der Waals surface area contributed by atoms with Crippen molar-refractivity contribution in [2.75, 3.05) is 19.0 Å². The van der Waals surface area contributed by atoms with Gasteiger partial charge in [0.2, 0.25) is 0 Å². The first kappa shape index (κ1) is 26.4. The summed E-state index contributed by atoms with van der Waals surface area (Å²) in [6.45, 7) is 9.04. The molecule has 2 aliphatic heterocycles. The van der Waals surface area contributed by atoms with Crippen LogP contribution in [0, 0.1) is 0 Å². The normalized spacial score (nSPS) is 18.1. The first-order valence-electron chi connectivity index (χ1n) is 14.0. The van der Waals surface area contributed by atoms with Gasteiger partial charge in [0.05, 0.1) is 11.4 Å². The highest BCUT2D eigenvalue weighted by Crippen LogP contribution is 2.56. The summed E-state index contributed by atoms with van der Waals surface area (Å²) in [5, 5.41) is 0. The van der Waals surface area contributed by atoms with Crippen LogP contribution in [-0.4, -0.2) is 41.7 Å². The van der Waals surface area contributed by atoms with Crippen molar-refractivity contribution in [3.63, 3.8) is 0 Å². The zero-order valence-corrected chi connectivity index (χ0v) is 25.3. The molecule has 0 atom stereocenters. The summed E-state index contributed by atoms with van der Waals surface area (Å²) in [4.78, 5) is 44.1. The molecule has 3 aliphatic rings. The van der Waals surface area contributed by atoms with E-state index in [0.29, 0.717) is 0 Å². The number of carbonyl (C=O) groups excluding carboxylic acids is 3. The number of barbiturate groups is 1. The number of amides is 4. The molecule has 42 heavy (non-hydrogen) atoms. The van der Waals surface area contributed by atoms with Crippen molar-refractivity contribution in [1.29, 1.82) is 0 Å². The number of likely N-dealkylation sites (N-methyl/N-ethyl adjacent to an activating group) is 2. The highest BCUT2D eigenvalue weighted by Gasteiger charge is 2.41. The lowest BCUT2D eigenvalue weighted by Crippen LogP contribution is -2.52. The van der Waals surface area contributed by atoms with Crippen LogP contribution in [0.15, 0.2) is 78.4 Å². The molecular formula is C35H31N3O3S. The number of hydrogen-bond acceptors (Lipinski definition) is 5. The van der Waals surface area contributed by atoms with E-state index in [1.165, 1.54) is 47.0 Å². The van der Waals surface area contributed by atoms with Crippen molar-refractivity contribution in [2.45, 2.75) is 38.5 Å². The number of anilines is 3. The Balaban J connectivity index is 1.33. The Hall–Kier alpha value is -4.49. The van der Waals surface area contributed by atoms with Crippen LogP contribution < -0.4 is 4.90 Å². The third-order valence-electron chi connectivity index (χ3n) is 9.11. The smallest absolute Gasteiger partial charge is 0.310 e. The lowest BCUT2D eigenvalue weighted by atomic mass is 9.73. The van der Waals surface area contributed by atoms with E-state index >= 15 is 0 Å². The van der Waals surface area contributed by atoms with Crippen LogP contribution in [0.25, 0.3) is 17.2 Å². The van der Waals surface area contributed by atoms with Crippen molar-refractivity contribution in [3.05, 3.63) is 105 Å². The van der Waals surface area contributed by atoms with Crippen LogP contribution in [0.5, 0.6) is 0 Å². The molecule has 0 spiro atoms. The quantitative estimate of drug-likeness (QED) is 0.183. The minimum atomic E-state index is -0.621. The molecule has 0 bridgehead atoms. The van der Waals surface area contributed by atoms with E-state index < -0.39 is 17.8 Å². The van der Waals surface area contributed by atoms with Crippen molar-refractivity contribution in [2.24, 2.45) is 0 Å². The average molecular weight is 574 g/mol. The van der Waals surface area contributed by atoms with Gasteiger partial charge in [-0.3, -0.25) is 19.4 Å². The van der Waals surface area contributed by atoms with Gasteiger partial charge < -0.3 is 4.90 Å². The molecule has 7 heteroatoms. The molecule has 0 saturated carbocycles. The fraction of sp³-hybridized carbons (Fsp3) is 0.229. The summed E-state index contributed by atoms with van der Waals surface area (Å²) in [5.41, 5.74) is 9.21. The van der Waals surface area contributed by atoms with Gasteiger partial charge in [-0.15, -0.1) is 11.3 Å². The Labute approximate surface area is 249 Å².